The smallest absolute Gasteiger partial charge is 0.149 e. The van der Waals surface area contributed by atoms with E-state index in [9.17, 15) is 0 Å². The molecule has 2 heterocycles. The van der Waals surface area contributed by atoms with Gasteiger partial charge in [-0.05, 0) is 26.0 Å². The van der Waals surface area contributed by atoms with E-state index < -0.39 is 0 Å². The van der Waals surface area contributed by atoms with Crippen molar-refractivity contribution in [3.05, 3.63) is 28.7 Å². The molecule has 0 atom stereocenters. The average Bonchev–Trinajstić information content (AvgIpc) is 2.77. The van der Waals surface area contributed by atoms with Crippen LogP contribution in [0.4, 0.5) is 17.3 Å². The predicted molar refractivity (Wildman–Crippen MR) is 71.8 cm³/mol. The lowest BCUT2D eigenvalue weighted by Gasteiger charge is -2.24. The minimum atomic E-state index is -0.288. The molecule has 0 fully saturated rings. The summed E-state index contributed by atoms with van der Waals surface area (Å²) in [7, 11) is 0. The molecular weight excluding hydrogens is 234 g/mol. The maximum absolute atomic E-state index is 5.67. The Morgan fingerprint density at radius 1 is 1.29 bits per heavy atom. The summed E-state index contributed by atoms with van der Waals surface area (Å²) >= 11 is 1.60. The van der Waals surface area contributed by atoms with Gasteiger partial charge in [-0.3, -0.25) is 0 Å². The van der Waals surface area contributed by atoms with Crippen LogP contribution >= 0.6 is 11.3 Å². The maximum Gasteiger partial charge on any atom is 0.149 e. The fraction of sp³-hybridized carbons (Fsp3) is 0.273. The van der Waals surface area contributed by atoms with Gasteiger partial charge in [-0.25, -0.2) is 9.97 Å². The molecule has 0 aliphatic heterocycles. The zero-order valence-corrected chi connectivity index (χ0v) is 10.6. The number of aromatic nitrogens is 2. The first-order chi connectivity index (χ1) is 7.99. The van der Waals surface area contributed by atoms with Crippen molar-refractivity contribution in [1.82, 2.24) is 9.97 Å². The van der Waals surface area contributed by atoms with Crippen molar-refractivity contribution in [2.24, 2.45) is 0 Å². The molecule has 2 aromatic rings. The third kappa shape index (κ3) is 2.47. The zero-order chi connectivity index (χ0) is 12.5. The molecule has 0 bridgehead atoms. The maximum atomic E-state index is 5.67. The summed E-state index contributed by atoms with van der Waals surface area (Å²) in [5, 5.41) is 6.23. The molecule has 0 aliphatic rings. The number of rotatable bonds is 3. The third-order valence-corrected chi connectivity index (χ3v) is 3.46. The van der Waals surface area contributed by atoms with E-state index in [1.807, 2.05) is 19.2 Å². The quantitative estimate of drug-likeness (QED) is 0.774. The number of nitrogens with zero attached hydrogens (tertiary/aromatic N) is 2. The fourth-order valence-electron chi connectivity index (χ4n) is 1.46. The minimum absolute atomic E-state index is 0.288. The highest BCUT2D eigenvalue weighted by molar-refractivity contribution is 7.09. The van der Waals surface area contributed by atoms with E-state index in [4.69, 9.17) is 11.5 Å². The van der Waals surface area contributed by atoms with E-state index in [1.54, 1.807) is 29.7 Å². The van der Waals surface area contributed by atoms with E-state index in [-0.39, 0.29) is 5.54 Å². The highest BCUT2D eigenvalue weighted by Crippen LogP contribution is 2.27. The molecule has 0 amide bonds. The number of nitrogens with two attached hydrogens (primary N) is 2. The van der Waals surface area contributed by atoms with Crippen molar-refractivity contribution in [1.29, 1.82) is 0 Å². The van der Waals surface area contributed by atoms with Gasteiger partial charge >= 0.3 is 0 Å². The Kier molecular flexibility index (Phi) is 2.89. The number of nitrogen functional groups attached to an aromatic ring is 2. The average molecular weight is 249 g/mol. The van der Waals surface area contributed by atoms with Gasteiger partial charge in [0.1, 0.15) is 16.6 Å². The molecule has 0 unspecified atom stereocenters. The second-order valence-electron chi connectivity index (χ2n) is 4.26. The molecule has 0 aromatic carbocycles. The Balaban J connectivity index is 2.23. The Morgan fingerprint density at radius 2 is 2.06 bits per heavy atom. The number of hydrogen-bond donors (Lipinski definition) is 3. The molecule has 2 rings (SSSR count). The van der Waals surface area contributed by atoms with Crippen molar-refractivity contribution in [2.75, 3.05) is 16.8 Å². The lowest BCUT2D eigenvalue weighted by molar-refractivity contribution is 0.601. The molecule has 6 heteroatoms. The van der Waals surface area contributed by atoms with Gasteiger partial charge in [-0.15, -0.1) is 11.3 Å². The van der Waals surface area contributed by atoms with Crippen LogP contribution in [0, 0.1) is 0 Å². The molecule has 0 saturated heterocycles. The first-order valence-electron chi connectivity index (χ1n) is 5.19. The first-order valence-corrected chi connectivity index (χ1v) is 6.07. The normalized spacial score (nSPS) is 11.4. The van der Waals surface area contributed by atoms with Crippen LogP contribution in [0.25, 0.3) is 0 Å². The van der Waals surface area contributed by atoms with Crippen LogP contribution in [-0.4, -0.2) is 9.97 Å². The lowest BCUT2D eigenvalue weighted by Crippen LogP contribution is -2.28. The van der Waals surface area contributed by atoms with E-state index in [2.05, 4.69) is 15.3 Å². The topological polar surface area (TPSA) is 89.8 Å². The van der Waals surface area contributed by atoms with Gasteiger partial charge in [0.25, 0.3) is 0 Å². The second-order valence-corrected chi connectivity index (χ2v) is 5.15. The van der Waals surface area contributed by atoms with Gasteiger partial charge in [0.05, 0.1) is 11.2 Å². The van der Waals surface area contributed by atoms with E-state index in [0.29, 0.717) is 17.3 Å². The highest BCUT2D eigenvalue weighted by Gasteiger charge is 2.23. The van der Waals surface area contributed by atoms with Gasteiger partial charge in [0.15, 0.2) is 0 Å². The molecular formula is C11H15N5S. The summed E-state index contributed by atoms with van der Waals surface area (Å²) < 4.78 is 0. The highest BCUT2D eigenvalue weighted by atomic mass is 32.1. The van der Waals surface area contributed by atoms with Crippen molar-refractivity contribution in [3.8, 4) is 0 Å². The van der Waals surface area contributed by atoms with Crippen LogP contribution in [0.15, 0.2) is 23.7 Å². The van der Waals surface area contributed by atoms with E-state index >= 15 is 0 Å². The predicted octanol–water partition coefficient (Wildman–Crippen LogP) is 2.05. The van der Waals surface area contributed by atoms with Crippen LogP contribution in [0.3, 0.4) is 0 Å². The first kappa shape index (κ1) is 11.7. The molecule has 5 nitrogen and oxygen atoms in total. The standard InChI is InChI=1S/C11H15N5S/c1-11(2,10-14-5-6-17-10)16-8-4-3-7(12)9(13)15-8/h3-6H,12H2,1-2H3,(H3,13,15,16). The largest absolute Gasteiger partial charge is 0.396 e. The van der Waals surface area contributed by atoms with Gasteiger partial charge in [-0.1, -0.05) is 0 Å². The number of anilines is 3. The van der Waals surface area contributed by atoms with E-state index in [1.165, 1.54) is 0 Å². The molecule has 90 valence electrons. The monoisotopic (exact) mass is 249 g/mol. The Morgan fingerprint density at radius 3 is 2.65 bits per heavy atom. The Bertz CT molecular complexity index is 507. The Labute approximate surface area is 104 Å². The fourth-order valence-corrected chi connectivity index (χ4v) is 2.18. The van der Waals surface area contributed by atoms with Crippen molar-refractivity contribution in [2.45, 2.75) is 19.4 Å². The summed E-state index contributed by atoms with van der Waals surface area (Å²) in [4.78, 5) is 8.48. The number of pyridine rings is 1. The lowest BCUT2D eigenvalue weighted by atomic mass is 10.1. The van der Waals surface area contributed by atoms with Gasteiger partial charge in [-0.2, -0.15) is 0 Å². The molecule has 0 radical (unpaired) electrons. The van der Waals surface area contributed by atoms with Crippen molar-refractivity contribution < 1.29 is 0 Å². The number of hydrogen-bond acceptors (Lipinski definition) is 6. The summed E-state index contributed by atoms with van der Waals surface area (Å²) in [6.45, 7) is 4.08. The van der Waals surface area contributed by atoms with Crippen molar-refractivity contribution in [3.63, 3.8) is 0 Å². The Hall–Kier alpha value is -1.82. The van der Waals surface area contributed by atoms with Gasteiger partial charge < -0.3 is 16.8 Å². The molecule has 0 spiro atoms. The summed E-state index contributed by atoms with van der Waals surface area (Å²) in [6, 6.07) is 3.55. The molecule has 0 aliphatic carbocycles. The van der Waals surface area contributed by atoms with Crippen LogP contribution in [0.5, 0.6) is 0 Å². The van der Waals surface area contributed by atoms with Crippen molar-refractivity contribution >= 4 is 28.7 Å². The second kappa shape index (κ2) is 4.21. The van der Waals surface area contributed by atoms with Gasteiger partial charge in [0.2, 0.25) is 0 Å². The molecule has 17 heavy (non-hydrogen) atoms. The molecule has 2 aromatic heterocycles. The minimum Gasteiger partial charge on any atom is -0.396 e. The molecule has 0 saturated carbocycles. The van der Waals surface area contributed by atoms with Crippen LogP contribution in [-0.2, 0) is 5.54 Å². The number of thiazole rings is 1. The SMILES string of the molecule is CC(C)(Nc1ccc(N)c(N)n1)c1nccs1. The van der Waals surface area contributed by atoms with Crippen LogP contribution in [0.2, 0.25) is 0 Å². The zero-order valence-electron chi connectivity index (χ0n) is 9.77. The van der Waals surface area contributed by atoms with Gasteiger partial charge in [0, 0.05) is 11.6 Å². The number of nitrogens with one attached hydrogen (secondary N) is 1. The van der Waals surface area contributed by atoms with Crippen LogP contribution < -0.4 is 16.8 Å². The third-order valence-electron chi connectivity index (χ3n) is 2.36. The molecule has 5 N–H and O–H groups in total. The summed E-state index contributed by atoms with van der Waals surface area (Å²) in [5.74, 6) is 1.03. The summed E-state index contributed by atoms with van der Waals surface area (Å²) in [5.41, 5.74) is 11.5. The summed E-state index contributed by atoms with van der Waals surface area (Å²) in [6.07, 6.45) is 1.79. The van der Waals surface area contributed by atoms with E-state index in [0.717, 1.165) is 5.01 Å². The van der Waals surface area contributed by atoms with Crippen LogP contribution in [0.1, 0.15) is 18.9 Å².